The van der Waals surface area contributed by atoms with Crippen LogP contribution >= 0.6 is 11.3 Å². The highest BCUT2D eigenvalue weighted by Gasteiger charge is 2.45. The van der Waals surface area contributed by atoms with Gasteiger partial charge in [0.1, 0.15) is 11.2 Å². The van der Waals surface area contributed by atoms with Gasteiger partial charge in [-0.05, 0) is 34.6 Å². The maximum Gasteiger partial charge on any atom is 0.410 e. The van der Waals surface area contributed by atoms with E-state index in [1.807, 2.05) is 34.6 Å². The summed E-state index contributed by atoms with van der Waals surface area (Å²) in [4.78, 5) is 18.9. The number of ether oxygens (including phenoxy) is 1. The Morgan fingerprint density at radius 1 is 1.45 bits per heavy atom. The molecular weight excluding hydrogens is 276 g/mol. The van der Waals surface area contributed by atoms with Crippen molar-refractivity contribution in [2.24, 2.45) is 0 Å². The normalized spacial score (nSPS) is 17.8. The number of carbonyl (C=O) groups excluding carboxylic acids is 1. The van der Waals surface area contributed by atoms with Crippen LogP contribution in [0.15, 0.2) is 0 Å². The Morgan fingerprint density at radius 3 is 2.50 bits per heavy atom. The molecular formula is C14H22N2O3S. The van der Waals surface area contributed by atoms with Crippen LogP contribution in [0, 0.1) is 13.8 Å². The third-order valence-corrected chi connectivity index (χ3v) is 4.25. The third-order valence-electron chi connectivity index (χ3n) is 3.18. The minimum atomic E-state index is -0.867. The molecule has 0 atom stereocenters. The van der Waals surface area contributed by atoms with Crippen molar-refractivity contribution >= 4 is 17.4 Å². The molecule has 1 N–H and O–H groups in total. The van der Waals surface area contributed by atoms with Crippen molar-refractivity contribution in [1.82, 2.24) is 9.88 Å². The molecule has 0 aliphatic carbocycles. The molecule has 2 rings (SSSR count). The average molecular weight is 298 g/mol. The quantitative estimate of drug-likeness (QED) is 0.910. The zero-order chi connectivity index (χ0) is 15.1. The Kier molecular flexibility index (Phi) is 3.81. The second kappa shape index (κ2) is 5.00. The predicted octanol–water partition coefficient (Wildman–Crippen LogP) is 2.28. The molecule has 1 aromatic heterocycles. The van der Waals surface area contributed by atoms with Crippen molar-refractivity contribution in [2.75, 3.05) is 13.1 Å². The maximum absolute atomic E-state index is 11.8. The summed E-state index contributed by atoms with van der Waals surface area (Å²) >= 11 is 1.60. The second-order valence-corrected chi connectivity index (χ2v) is 7.77. The number of β-amino-alcohol motifs (C(OH)–C–C–N with tert-alkyl or cyclic N) is 1. The van der Waals surface area contributed by atoms with Gasteiger partial charge in [0, 0.05) is 11.3 Å². The van der Waals surface area contributed by atoms with Gasteiger partial charge in [-0.25, -0.2) is 9.78 Å². The first-order chi connectivity index (χ1) is 9.08. The molecule has 20 heavy (non-hydrogen) atoms. The molecule has 1 aliphatic heterocycles. The number of thiazole rings is 1. The SMILES string of the molecule is Cc1nc(CC2(O)CN(C(=O)OC(C)(C)C)C2)sc1C. The fraction of sp³-hybridized carbons (Fsp3) is 0.714. The van der Waals surface area contributed by atoms with Crippen LogP contribution in [0.1, 0.15) is 36.3 Å². The average Bonchev–Trinajstić information content (AvgIpc) is 2.51. The van der Waals surface area contributed by atoms with Gasteiger partial charge in [0.25, 0.3) is 0 Å². The third kappa shape index (κ3) is 3.49. The molecule has 1 aromatic rings. The van der Waals surface area contributed by atoms with E-state index >= 15 is 0 Å². The van der Waals surface area contributed by atoms with Gasteiger partial charge in [-0.3, -0.25) is 0 Å². The van der Waals surface area contributed by atoms with Crippen LogP contribution < -0.4 is 0 Å². The molecule has 6 heteroatoms. The zero-order valence-corrected chi connectivity index (χ0v) is 13.5. The van der Waals surface area contributed by atoms with E-state index in [2.05, 4.69) is 4.98 Å². The van der Waals surface area contributed by atoms with E-state index in [4.69, 9.17) is 4.74 Å². The van der Waals surface area contributed by atoms with Crippen LogP contribution in [-0.2, 0) is 11.2 Å². The number of rotatable bonds is 2. The fourth-order valence-electron chi connectivity index (χ4n) is 2.13. The Bertz CT molecular complexity index is 493. The molecule has 5 nitrogen and oxygen atoms in total. The van der Waals surface area contributed by atoms with Gasteiger partial charge >= 0.3 is 6.09 Å². The summed E-state index contributed by atoms with van der Waals surface area (Å²) in [5, 5.41) is 11.3. The van der Waals surface area contributed by atoms with Crippen LogP contribution in [-0.4, -0.2) is 45.4 Å². The Balaban J connectivity index is 1.89. The minimum Gasteiger partial charge on any atom is -0.444 e. The van der Waals surface area contributed by atoms with Crippen LogP contribution in [0.3, 0.4) is 0 Å². The van der Waals surface area contributed by atoms with E-state index in [-0.39, 0.29) is 6.09 Å². The van der Waals surface area contributed by atoms with Crippen LogP contribution in [0.4, 0.5) is 4.79 Å². The molecule has 0 radical (unpaired) electrons. The molecule has 1 saturated heterocycles. The lowest BCUT2D eigenvalue weighted by molar-refractivity contribution is -0.0973. The van der Waals surface area contributed by atoms with Gasteiger partial charge in [-0.1, -0.05) is 0 Å². The van der Waals surface area contributed by atoms with Gasteiger partial charge in [0.15, 0.2) is 0 Å². The van der Waals surface area contributed by atoms with Crippen LogP contribution in [0.2, 0.25) is 0 Å². The highest BCUT2D eigenvalue weighted by molar-refractivity contribution is 7.11. The van der Waals surface area contributed by atoms with Crippen molar-refractivity contribution in [3.8, 4) is 0 Å². The van der Waals surface area contributed by atoms with E-state index in [9.17, 15) is 9.90 Å². The van der Waals surface area contributed by atoms with E-state index in [1.54, 1.807) is 11.3 Å². The molecule has 1 aliphatic rings. The zero-order valence-electron chi connectivity index (χ0n) is 12.7. The lowest BCUT2D eigenvalue weighted by Gasteiger charge is -2.46. The summed E-state index contributed by atoms with van der Waals surface area (Å²) in [5.74, 6) is 0. The number of nitrogens with zero attached hydrogens (tertiary/aromatic N) is 2. The Hall–Kier alpha value is -1.14. The maximum atomic E-state index is 11.8. The monoisotopic (exact) mass is 298 g/mol. The van der Waals surface area contributed by atoms with Gasteiger partial charge in [-0.15, -0.1) is 11.3 Å². The van der Waals surface area contributed by atoms with Crippen molar-refractivity contribution in [2.45, 2.75) is 52.2 Å². The summed E-state index contributed by atoms with van der Waals surface area (Å²) in [5.41, 5.74) is -0.362. The molecule has 0 unspecified atom stereocenters. The van der Waals surface area contributed by atoms with Crippen molar-refractivity contribution in [3.05, 3.63) is 15.6 Å². The molecule has 0 aromatic carbocycles. The largest absolute Gasteiger partial charge is 0.444 e. The van der Waals surface area contributed by atoms with Crippen molar-refractivity contribution in [1.29, 1.82) is 0 Å². The van der Waals surface area contributed by atoms with E-state index in [0.717, 1.165) is 10.7 Å². The number of hydrogen-bond donors (Lipinski definition) is 1. The van der Waals surface area contributed by atoms with Gasteiger partial charge in [0.05, 0.1) is 23.8 Å². The lowest BCUT2D eigenvalue weighted by Crippen LogP contribution is -2.65. The smallest absolute Gasteiger partial charge is 0.410 e. The number of likely N-dealkylation sites (tertiary alicyclic amines) is 1. The first-order valence-electron chi connectivity index (χ1n) is 6.71. The number of amides is 1. The van der Waals surface area contributed by atoms with Crippen LogP contribution in [0.25, 0.3) is 0 Å². The molecule has 1 fully saturated rings. The summed E-state index contributed by atoms with van der Waals surface area (Å²) in [6.07, 6.45) is 0.125. The molecule has 0 saturated carbocycles. The van der Waals surface area contributed by atoms with E-state index in [0.29, 0.717) is 19.5 Å². The number of aromatic nitrogens is 1. The fourth-order valence-corrected chi connectivity index (χ4v) is 3.20. The summed E-state index contributed by atoms with van der Waals surface area (Å²) < 4.78 is 5.27. The van der Waals surface area contributed by atoms with Crippen molar-refractivity contribution < 1.29 is 14.6 Å². The number of aliphatic hydroxyl groups is 1. The van der Waals surface area contributed by atoms with E-state index < -0.39 is 11.2 Å². The number of hydrogen-bond acceptors (Lipinski definition) is 5. The van der Waals surface area contributed by atoms with Gasteiger partial charge < -0.3 is 14.7 Å². The summed E-state index contributed by atoms with van der Waals surface area (Å²) in [6, 6.07) is 0. The second-order valence-electron chi connectivity index (χ2n) is 6.49. The number of aryl methyl sites for hydroxylation is 2. The topological polar surface area (TPSA) is 62.7 Å². The Morgan fingerprint density at radius 2 is 2.05 bits per heavy atom. The summed E-state index contributed by atoms with van der Waals surface area (Å²) in [6.45, 7) is 10.1. The molecule has 2 heterocycles. The first kappa shape index (κ1) is 15.3. The van der Waals surface area contributed by atoms with E-state index in [1.165, 1.54) is 9.78 Å². The highest BCUT2D eigenvalue weighted by atomic mass is 32.1. The number of carbonyl (C=O) groups is 1. The lowest BCUT2D eigenvalue weighted by atomic mass is 9.91. The highest BCUT2D eigenvalue weighted by Crippen LogP contribution is 2.29. The van der Waals surface area contributed by atoms with Gasteiger partial charge in [0.2, 0.25) is 0 Å². The first-order valence-corrected chi connectivity index (χ1v) is 7.53. The van der Waals surface area contributed by atoms with Crippen molar-refractivity contribution in [3.63, 3.8) is 0 Å². The van der Waals surface area contributed by atoms with Gasteiger partial charge in [-0.2, -0.15) is 0 Å². The standard InChI is InChI=1S/C14H22N2O3S/c1-9-10(2)20-11(15-9)6-14(18)7-16(8-14)12(17)19-13(3,4)5/h18H,6-8H2,1-5H3. The molecule has 112 valence electrons. The predicted molar refractivity (Wildman–Crippen MR) is 78.0 cm³/mol. The van der Waals surface area contributed by atoms with Crippen LogP contribution in [0.5, 0.6) is 0 Å². The minimum absolute atomic E-state index is 0.305. The Labute approximate surface area is 123 Å². The molecule has 1 amide bonds. The molecule has 0 spiro atoms. The summed E-state index contributed by atoms with van der Waals surface area (Å²) in [7, 11) is 0. The molecule has 0 bridgehead atoms.